The molecule has 1 aliphatic heterocycles. The van der Waals surface area contributed by atoms with Crippen LogP contribution in [0.1, 0.15) is 28.2 Å². The number of nitrogens with one attached hydrogen (secondary N) is 1. The van der Waals surface area contributed by atoms with E-state index >= 15 is 0 Å². The quantitative estimate of drug-likeness (QED) is 0.335. The number of aromatic nitrogens is 2. The van der Waals surface area contributed by atoms with Crippen molar-refractivity contribution in [2.75, 3.05) is 18.4 Å². The number of nitrogens with zero attached hydrogens (tertiary/aromatic N) is 3. The maximum absolute atomic E-state index is 13.9. The van der Waals surface area contributed by atoms with E-state index in [4.69, 9.17) is 5.73 Å². The third-order valence-corrected chi connectivity index (χ3v) is 6.83. The van der Waals surface area contributed by atoms with E-state index < -0.39 is 17.9 Å². The number of pyridine rings is 2. The smallest absolute Gasteiger partial charge is 0.274 e. The zero-order chi connectivity index (χ0) is 27.6. The van der Waals surface area contributed by atoms with Gasteiger partial charge in [-0.3, -0.25) is 19.7 Å². The minimum Gasteiger partial charge on any atom is -0.322 e. The molecule has 1 fully saturated rings. The van der Waals surface area contributed by atoms with Crippen LogP contribution in [-0.2, 0) is 6.54 Å². The summed E-state index contributed by atoms with van der Waals surface area (Å²) in [5.41, 5.74) is 11.4. The number of benzene rings is 2. The molecule has 39 heavy (non-hydrogen) atoms. The molecule has 0 spiro atoms. The Kier molecular flexibility index (Phi) is 7.45. The number of alkyl halides is 2. The van der Waals surface area contributed by atoms with E-state index in [0.717, 1.165) is 33.5 Å². The first kappa shape index (κ1) is 26.5. The van der Waals surface area contributed by atoms with Crippen molar-refractivity contribution in [3.05, 3.63) is 102 Å². The van der Waals surface area contributed by atoms with Gasteiger partial charge in [-0.1, -0.05) is 18.2 Å². The maximum Gasteiger partial charge on any atom is 0.274 e. The summed E-state index contributed by atoms with van der Waals surface area (Å²) in [6.07, 6.45) is 2.99. The Hall–Kier alpha value is -4.08. The molecule has 2 aromatic carbocycles. The van der Waals surface area contributed by atoms with Crippen LogP contribution in [0.25, 0.3) is 22.3 Å². The number of halogens is 3. The van der Waals surface area contributed by atoms with E-state index in [2.05, 4.69) is 15.3 Å². The number of piperidine rings is 1. The van der Waals surface area contributed by atoms with Gasteiger partial charge in [-0.2, -0.15) is 0 Å². The molecule has 6 nitrogen and oxygen atoms in total. The lowest BCUT2D eigenvalue weighted by Crippen LogP contribution is -2.54. The first-order chi connectivity index (χ1) is 18.7. The molecule has 1 unspecified atom stereocenters. The predicted molar refractivity (Wildman–Crippen MR) is 145 cm³/mol. The molecule has 0 saturated carbocycles. The zero-order valence-electron chi connectivity index (χ0n) is 21.4. The SMILES string of the molecule is Cc1ccc(-c2cc(CN3CCC(F)(F)C(N)C3)cc(NC(=O)c3cc(-c4ccc(F)cc4)ccn3)c2)cn1. The number of anilines is 1. The predicted octanol–water partition coefficient (Wildman–Crippen LogP) is 5.68. The molecule has 0 radical (unpaired) electrons. The van der Waals surface area contributed by atoms with Gasteiger partial charge in [0.2, 0.25) is 0 Å². The van der Waals surface area contributed by atoms with Gasteiger partial charge in [-0.15, -0.1) is 0 Å². The summed E-state index contributed by atoms with van der Waals surface area (Å²) in [7, 11) is 0. The van der Waals surface area contributed by atoms with Crippen LogP contribution in [-0.4, -0.2) is 45.8 Å². The van der Waals surface area contributed by atoms with Crippen molar-refractivity contribution in [3.8, 4) is 22.3 Å². The van der Waals surface area contributed by atoms with Gasteiger partial charge >= 0.3 is 0 Å². The fraction of sp³-hybridized carbons (Fsp3) is 0.233. The van der Waals surface area contributed by atoms with E-state index in [9.17, 15) is 18.0 Å². The molecular formula is C30H28F3N5O. The summed E-state index contributed by atoms with van der Waals surface area (Å²) in [4.78, 5) is 23.7. The standard InChI is InChI=1S/C30H28F3N5O/c1-19-2-3-23(16-36-19)24-12-20(17-38-11-9-30(32,33)28(34)18-38)13-26(14-24)37-29(39)27-15-22(8-10-35-27)21-4-6-25(31)7-5-21/h2-8,10,12-16,28H,9,11,17-18,34H2,1H3,(H,37,39). The highest BCUT2D eigenvalue weighted by Gasteiger charge is 2.41. The van der Waals surface area contributed by atoms with Crippen molar-refractivity contribution >= 4 is 11.6 Å². The number of carbonyl (C=O) groups is 1. The fourth-order valence-electron chi connectivity index (χ4n) is 4.63. The maximum atomic E-state index is 13.9. The lowest BCUT2D eigenvalue weighted by molar-refractivity contribution is -0.0738. The van der Waals surface area contributed by atoms with E-state index in [1.165, 1.54) is 18.3 Å². The molecule has 1 atom stereocenters. The van der Waals surface area contributed by atoms with Crippen molar-refractivity contribution in [1.82, 2.24) is 14.9 Å². The van der Waals surface area contributed by atoms with Crippen LogP contribution < -0.4 is 11.1 Å². The lowest BCUT2D eigenvalue weighted by Gasteiger charge is -2.36. The molecule has 4 aromatic rings. The molecule has 9 heteroatoms. The van der Waals surface area contributed by atoms with Crippen molar-refractivity contribution < 1.29 is 18.0 Å². The zero-order valence-corrected chi connectivity index (χ0v) is 21.4. The van der Waals surface area contributed by atoms with E-state index in [1.54, 1.807) is 30.5 Å². The topological polar surface area (TPSA) is 84.1 Å². The highest BCUT2D eigenvalue weighted by molar-refractivity contribution is 6.03. The summed E-state index contributed by atoms with van der Waals surface area (Å²) >= 11 is 0. The van der Waals surface area contributed by atoms with Gasteiger partial charge in [-0.05, 0) is 77.7 Å². The average molecular weight is 532 g/mol. The molecule has 0 bridgehead atoms. The number of rotatable bonds is 6. The Morgan fingerprint density at radius 1 is 1.00 bits per heavy atom. The van der Waals surface area contributed by atoms with Gasteiger partial charge in [0, 0.05) is 55.4 Å². The largest absolute Gasteiger partial charge is 0.322 e. The van der Waals surface area contributed by atoms with Gasteiger partial charge in [0.1, 0.15) is 11.5 Å². The Balaban J connectivity index is 1.41. The van der Waals surface area contributed by atoms with Crippen LogP contribution in [0, 0.1) is 12.7 Å². The Labute approximate surface area is 224 Å². The number of hydrogen-bond donors (Lipinski definition) is 2. The molecule has 3 N–H and O–H groups in total. The number of amides is 1. The summed E-state index contributed by atoms with van der Waals surface area (Å²) in [6, 6.07) is 17.6. The van der Waals surface area contributed by atoms with Crippen LogP contribution in [0.2, 0.25) is 0 Å². The van der Waals surface area contributed by atoms with Crippen LogP contribution in [0.5, 0.6) is 0 Å². The molecular weight excluding hydrogens is 503 g/mol. The Morgan fingerprint density at radius 3 is 2.49 bits per heavy atom. The third kappa shape index (κ3) is 6.32. The van der Waals surface area contributed by atoms with Gasteiger partial charge < -0.3 is 11.1 Å². The second kappa shape index (κ2) is 11.0. The molecule has 1 aliphatic rings. The normalized spacial score (nSPS) is 17.1. The van der Waals surface area contributed by atoms with Gasteiger partial charge in [-0.25, -0.2) is 13.2 Å². The van der Waals surface area contributed by atoms with Gasteiger partial charge in [0.25, 0.3) is 11.8 Å². The summed E-state index contributed by atoms with van der Waals surface area (Å²) in [5.74, 6) is -3.63. The minimum absolute atomic E-state index is 0.0745. The number of nitrogens with two attached hydrogens (primary N) is 1. The lowest BCUT2D eigenvalue weighted by atomic mass is 9.99. The third-order valence-electron chi connectivity index (χ3n) is 6.83. The van der Waals surface area contributed by atoms with E-state index in [0.29, 0.717) is 12.2 Å². The fourth-order valence-corrected chi connectivity index (χ4v) is 4.63. The number of likely N-dealkylation sites (tertiary alicyclic amines) is 1. The second-order valence-corrected chi connectivity index (χ2v) is 9.85. The highest BCUT2D eigenvalue weighted by atomic mass is 19.3. The van der Waals surface area contributed by atoms with Crippen LogP contribution in [0.3, 0.4) is 0 Å². The van der Waals surface area contributed by atoms with E-state index in [-0.39, 0.29) is 31.0 Å². The van der Waals surface area contributed by atoms with Crippen molar-refractivity contribution in [3.63, 3.8) is 0 Å². The molecule has 5 rings (SSSR count). The Morgan fingerprint density at radius 2 is 1.77 bits per heavy atom. The van der Waals surface area contributed by atoms with Crippen molar-refractivity contribution in [2.45, 2.75) is 31.9 Å². The second-order valence-electron chi connectivity index (χ2n) is 9.85. The summed E-state index contributed by atoms with van der Waals surface area (Å²) in [5, 5.41) is 2.92. The summed E-state index contributed by atoms with van der Waals surface area (Å²) < 4.78 is 41.2. The molecule has 200 valence electrons. The van der Waals surface area contributed by atoms with Crippen LogP contribution in [0.4, 0.5) is 18.9 Å². The number of carbonyl (C=O) groups excluding carboxylic acids is 1. The van der Waals surface area contributed by atoms with Crippen molar-refractivity contribution in [1.29, 1.82) is 0 Å². The monoisotopic (exact) mass is 531 g/mol. The van der Waals surface area contributed by atoms with Crippen molar-refractivity contribution in [2.24, 2.45) is 5.73 Å². The van der Waals surface area contributed by atoms with Gasteiger partial charge in [0.15, 0.2) is 0 Å². The first-order valence-electron chi connectivity index (χ1n) is 12.6. The molecule has 3 heterocycles. The minimum atomic E-state index is -2.87. The van der Waals surface area contributed by atoms with Gasteiger partial charge in [0.05, 0.1) is 6.04 Å². The van der Waals surface area contributed by atoms with Crippen LogP contribution in [0.15, 0.2) is 79.1 Å². The van der Waals surface area contributed by atoms with E-state index in [1.807, 2.05) is 42.2 Å². The molecule has 1 amide bonds. The number of aryl methyl sites for hydroxylation is 1. The average Bonchev–Trinajstić information content (AvgIpc) is 2.92. The summed E-state index contributed by atoms with van der Waals surface area (Å²) in [6.45, 7) is 2.59. The Bertz CT molecular complexity index is 1480. The highest BCUT2D eigenvalue weighted by Crippen LogP contribution is 2.30. The number of hydrogen-bond acceptors (Lipinski definition) is 5. The molecule has 2 aromatic heterocycles. The first-order valence-corrected chi connectivity index (χ1v) is 12.6. The molecule has 0 aliphatic carbocycles. The molecule has 1 saturated heterocycles. The van der Waals surface area contributed by atoms with Crippen LogP contribution >= 0.6 is 0 Å².